The Kier molecular flexibility index (Phi) is 6.75. The maximum atomic E-state index is 12.7. The van der Waals surface area contributed by atoms with Crippen LogP contribution in [0.5, 0.6) is 0 Å². The van der Waals surface area contributed by atoms with Gasteiger partial charge in [0.15, 0.2) is 9.84 Å². The molecule has 0 bridgehead atoms. The largest absolute Gasteiger partial charge is 0.350 e. The van der Waals surface area contributed by atoms with E-state index in [1.54, 1.807) is 24.3 Å². The Balaban J connectivity index is 1.73. The first-order valence-corrected chi connectivity index (χ1v) is 11.8. The van der Waals surface area contributed by atoms with E-state index >= 15 is 0 Å². The van der Waals surface area contributed by atoms with Gasteiger partial charge in [-0.1, -0.05) is 41.9 Å². The standard InChI is InChI=1S/C21H25ClN2O3S/c1-28(26,27)15-16-7-6-8-17(13-16)21(25)23-14-20(24-11-4-5-12-24)18-9-2-3-10-19(18)22/h2-3,6-10,13,20H,4-5,11-12,14-15H2,1H3,(H,23,25). The average molecular weight is 421 g/mol. The molecule has 0 saturated carbocycles. The molecule has 150 valence electrons. The van der Waals surface area contributed by atoms with Gasteiger partial charge in [0.2, 0.25) is 0 Å². The van der Waals surface area contributed by atoms with Gasteiger partial charge in [-0.25, -0.2) is 8.42 Å². The first-order valence-electron chi connectivity index (χ1n) is 9.37. The third-order valence-corrected chi connectivity index (χ3v) is 6.12. The van der Waals surface area contributed by atoms with E-state index in [1.165, 1.54) is 6.26 Å². The van der Waals surface area contributed by atoms with Crippen LogP contribution in [-0.2, 0) is 15.6 Å². The molecule has 1 aliphatic rings. The van der Waals surface area contributed by atoms with Crippen molar-refractivity contribution in [2.75, 3.05) is 25.9 Å². The maximum Gasteiger partial charge on any atom is 0.251 e. The Morgan fingerprint density at radius 1 is 1.14 bits per heavy atom. The molecule has 0 radical (unpaired) electrons. The van der Waals surface area contributed by atoms with Gasteiger partial charge in [-0.2, -0.15) is 0 Å². The fraction of sp³-hybridized carbons (Fsp3) is 0.381. The number of hydrogen-bond acceptors (Lipinski definition) is 4. The van der Waals surface area contributed by atoms with Crippen molar-refractivity contribution in [2.45, 2.75) is 24.6 Å². The minimum atomic E-state index is -3.15. The van der Waals surface area contributed by atoms with Crippen LogP contribution in [0.2, 0.25) is 5.02 Å². The summed E-state index contributed by atoms with van der Waals surface area (Å²) in [4.78, 5) is 15.0. The number of sulfone groups is 1. The molecule has 7 heteroatoms. The number of carbonyl (C=O) groups is 1. The zero-order chi connectivity index (χ0) is 20.1. The average Bonchev–Trinajstić information content (AvgIpc) is 3.16. The monoisotopic (exact) mass is 420 g/mol. The fourth-order valence-electron chi connectivity index (χ4n) is 3.63. The van der Waals surface area contributed by atoms with Gasteiger partial charge in [-0.3, -0.25) is 9.69 Å². The lowest BCUT2D eigenvalue weighted by atomic mass is 10.0. The minimum Gasteiger partial charge on any atom is -0.350 e. The van der Waals surface area contributed by atoms with Crippen LogP contribution in [0.1, 0.15) is 40.4 Å². The van der Waals surface area contributed by atoms with Gasteiger partial charge in [0, 0.05) is 23.4 Å². The van der Waals surface area contributed by atoms with Crippen LogP contribution in [0.15, 0.2) is 48.5 Å². The Morgan fingerprint density at radius 2 is 1.86 bits per heavy atom. The van der Waals surface area contributed by atoms with Gasteiger partial charge < -0.3 is 5.32 Å². The van der Waals surface area contributed by atoms with E-state index in [4.69, 9.17) is 11.6 Å². The Morgan fingerprint density at radius 3 is 2.54 bits per heavy atom. The summed E-state index contributed by atoms with van der Waals surface area (Å²) in [7, 11) is -3.15. The highest BCUT2D eigenvalue weighted by Gasteiger charge is 2.25. The summed E-state index contributed by atoms with van der Waals surface area (Å²) in [5.41, 5.74) is 2.08. The van der Waals surface area contributed by atoms with E-state index < -0.39 is 9.84 Å². The van der Waals surface area contributed by atoms with E-state index in [9.17, 15) is 13.2 Å². The number of halogens is 1. The zero-order valence-corrected chi connectivity index (χ0v) is 17.5. The second kappa shape index (κ2) is 9.07. The van der Waals surface area contributed by atoms with Gasteiger partial charge in [0.05, 0.1) is 11.8 Å². The van der Waals surface area contributed by atoms with Crippen molar-refractivity contribution in [1.29, 1.82) is 0 Å². The summed E-state index contributed by atoms with van der Waals surface area (Å²) in [6.07, 6.45) is 3.47. The summed E-state index contributed by atoms with van der Waals surface area (Å²) >= 11 is 6.42. The summed E-state index contributed by atoms with van der Waals surface area (Å²) in [5.74, 6) is -0.295. The molecule has 0 spiro atoms. The second-order valence-corrected chi connectivity index (χ2v) is 9.81. The quantitative estimate of drug-likeness (QED) is 0.745. The number of nitrogens with one attached hydrogen (secondary N) is 1. The molecule has 1 fully saturated rings. The van der Waals surface area contributed by atoms with Crippen LogP contribution in [0.3, 0.4) is 0 Å². The summed E-state index contributed by atoms with van der Waals surface area (Å²) < 4.78 is 23.0. The molecule has 1 atom stereocenters. The molecule has 1 saturated heterocycles. The van der Waals surface area contributed by atoms with Crippen LogP contribution in [0.4, 0.5) is 0 Å². The summed E-state index contributed by atoms with van der Waals surface area (Å²) in [6, 6.07) is 14.5. The van der Waals surface area contributed by atoms with Crippen LogP contribution in [0, 0.1) is 0 Å². The van der Waals surface area contributed by atoms with Gasteiger partial charge >= 0.3 is 0 Å². The smallest absolute Gasteiger partial charge is 0.251 e. The second-order valence-electron chi connectivity index (χ2n) is 7.26. The Hall–Kier alpha value is -1.89. The van der Waals surface area contributed by atoms with E-state index in [0.29, 0.717) is 22.7 Å². The molecule has 0 aliphatic carbocycles. The fourth-order valence-corrected chi connectivity index (χ4v) is 4.68. The van der Waals surface area contributed by atoms with Crippen molar-refractivity contribution in [2.24, 2.45) is 0 Å². The normalized spacial score (nSPS) is 16.1. The molecule has 3 rings (SSSR count). The first kappa shape index (κ1) is 20.8. The van der Waals surface area contributed by atoms with Crippen molar-refractivity contribution >= 4 is 27.3 Å². The molecule has 1 unspecified atom stereocenters. The van der Waals surface area contributed by atoms with Gasteiger partial charge in [0.1, 0.15) is 0 Å². The number of hydrogen-bond donors (Lipinski definition) is 1. The molecule has 0 aromatic heterocycles. The molecule has 1 amide bonds. The molecule has 28 heavy (non-hydrogen) atoms. The van der Waals surface area contributed by atoms with Crippen LogP contribution < -0.4 is 5.32 Å². The molecule has 1 heterocycles. The molecule has 5 nitrogen and oxygen atoms in total. The van der Waals surface area contributed by atoms with Crippen LogP contribution >= 0.6 is 11.6 Å². The molecule has 2 aromatic rings. The first-order chi connectivity index (χ1) is 13.3. The highest BCUT2D eigenvalue weighted by molar-refractivity contribution is 7.89. The number of likely N-dealkylation sites (tertiary alicyclic amines) is 1. The van der Waals surface area contributed by atoms with E-state index in [-0.39, 0.29) is 17.7 Å². The minimum absolute atomic E-state index is 0.0133. The van der Waals surface area contributed by atoms with E-state index in [0.717, 1.165) is 31.5 Å². The number of amides is 1. The van der Waals surface area contributed by atoms with E-state index in [1.807, 2.05) is 24.3 Å². The number of benzene rings is 2. The lowest BCUT2D eigenvalue weighted by Gasteiger charge is -2.29. The molecular weight excluding hydrogens is 396 g/mol. The third-order valence-electron chi connectivity index (χ3n) is 4.92. The SMILES string of the molecule is CS(=O)(=O)Cc1cccc(C(=O)NCC(c2ccccc2Cl)N2CCCC2)c1. The third kappa shape index (κ3) is 5.56. The van der Waals surface area contributed by atoms with E-state index in [2.05, 4.69) is 10.2 Å². The maximum absolute atomic E-state index is 12.7. The van der Waals surface area contributed by atoms with Gasteiger partial charge in [-0.05, 0) is 55.3 Å². The van der Waals surface area contributed by atoms with Crippen molar-refractivity contribution in [3.05, 3.63) is 70.2 Å². The topological polar surface area (TPSA) is 66.5 Å². The highest BCUT2D eigenvalue weighted by atomic mass is 35.5. The predicted octanol–water partition coefficient (Wildman–Crippen LogP) is 3.45. The van der Waals surface area contributed by atoms with Crippen molar-refractivity contribution < 1.29 is 13.2 Å². The molecular formula is C21H25ClN2O3S. The van der Waals surface area contributed by atoms with Crippen molar-refractivity contribution in [3.8, 4) is 0 Å². The number of carbonyl (C=O) groups excluding carboxylic acids is 1. The Labute approximate surface area is 171 Å². The lowest BCUT2D eigenvalue weighted by molar-refractivity contribution is 0.0938. The van der Waals surface area contributed by atoms with Crippen LogP contribution in [0.25, 0.3) is 0 Å². The summed E-state index contributed by atoms with van der Waals surface area (Å²) in [5, 5.41) is 3.70. The molecule has 1 N–H and O–H groups in total. The van der Waals surface area contributed by atoms with Crippen molar-refractivity contribution in [1.82, 2.24) is 10.2 Å². The lowest BCUT2D eigenvalue weighted by Crippen LogP contribution is -2.37. The predicted molar refractivity (Wildman–Crippen MR) is 112 cm³/mol. The molecule has 1 aliphatic heterocycles. The highest BCUT2D eigenvalue weighted by Crippen LogP contribution is 2.29. The molecule has 2 aromatic carbocycles. The summed E-state index contributed by atoms with van der Waals surface area (Å²) in [6.45, 7) is 2.41. The van der Waals surface area contributed by atoms with Crippen LogP contribution in [-0.4, -0.2) is 45.1 Å². The van der Waals surface area contributed by atoms with Gasteiger partial charge in [-0.15, -0.1) is 0 Å². The van der Waals surface area contributed by atoms with Crippen molar-refractivity contribution in [3.63, 3.8) is 0 Å². The van der Waals surface area contributed by atoms with Gasteiger partial charge in [0.25, 0.3) is 5.91 Å². The zero-order valence-electron chi connectivity index (χ0n) is 15.9. The number of nitrogens with zero attached hydrogens (tertiary/aromatic N) is 1. The number of rotatable bonds is 7. The Bertz CT molecular complexity index is 940.